The van der Waals surface area contributed by atoms with E-state index in [0.29, 0.717) is 22.5 Å². The highest BCUT2D eigenvalue weighted by Gasteiger charge is 2.57. The minimum Gasteiger partial charge on any atom is -0.381 e. The van der Waals surface area contributed by atoms with Crippen molar-refractivity contribution in [1.29, 1.82) is 0 Å². The van der Waals surface area contributed by atoms with Gasteiger partial charge in [-0.1, -0.05) is 13.8 Å². The third-order valence-corrected chi connectivity index (χ3v) is 5.22. The zero-order valence-electron chi connectivity index (χ0n) is 11.2. The molecule has 2 fully saturated rings. The van der Waals surface area contributed by atoms with Gasteiger partial charge in [-0.05, 0) is 47.0 Å². The Balaban J connectivity index is 1.77. The number of halogens is 2. The molecule has 4 heteroatoms. The predicted molar refractivity (Wildman–Crippen MR) is 77.8 cm³/mol. The standard InChI is InChI=1S/C15H19BrFNO/c1-15(2)13(10-4-3-7-19-14(10)15)18-9-5-6-11(16)12(17)8-9/h5-6,8,10,13-14,18H,3-4,7H2,1-2H3. The molecule has 0 radical (unpaired) electrons. The van der Waals surface area contributed by atoms with Crippen molar-refractivity contribution >= 4 is 21.6 Å². The van der Waals surface area contributed by atoms with Crippen molar-refractivity contribution in [3.8, 4) is 0 Å². The fourth-order valence-electron chi connectivity index (χ4n) is 3.58. The summed E-state index contributed by atoms with van der Waals surface area (Å²) in [5.74, 6) is 0.328. The first-order valence-electron chi connectivity index (χ1n) is 6.83. The van der Waals surface area contributed by atoms with Crippen LogP contribution in [0.4, 0.5) is 10.1 Å². The van der Waals surface area contributed by atoms with Gasteiger partial charge in [0.25, 0.3) is 0 Å². The maximum atomic E-state index is 13.6. The number of fused-ring (bicyclic) bond motifs is 1. The molecule has 2 aliphatic rings. The van der Waals surface area contributed by atoms with Crippen molar-refractivity contribution < 1.29 is 9.13 Å². The van der Waals surface area contributed by atoms with E-state index in [2.05, 4.69) is 35.1 Å². The van der Waals surface area contributed by atoms with E-state index in [4.69, 9.17) is 4.74 Å². The third kappa shape index (κ3) is 2.19. The lowest BCUT2D eigenvalue weighted by Gasteiger charge is -2.60. The van der Waals surface area contributed by atoms with Gasteiger partial charge in [-0.25, -0.2) is 4.39 Å². The van der Waals surface area contributed by atoms with E-state index in [-0.39, 0.29) is 11.2 Å². The fraction of sp³-hybridized carbons (Fsp3) is 0.600. The van der Waals surface area contributed by atoms with Gasteiger partial charge >= 0.3 is 0 Å². The highest BCUT2D eigenvalue weighted by Crippen LogP contribution is 2.52. The van der Waals surface area contributed by atoms with Crippen LogP contribution in [0.5, 0.6) is 0 Å². The monoisotopic (exact) mass is 327 g/mol. The molecule has 1 saturated carbocycles. The first-order chi connectivity index (χ1) is 9.00. The average Bonchev–Trinajstić information content (AvgIpc) is 2.40. The first-order valence-corrected chi connectivity index (χ1v) is 7.62. The van der Waals surface area contributed by atoms with Crippen molar-refractivity contribution in [3.63, 3.8) is 0 Å². The van der Waals surface area contributed by atoms with E-state index < -0.39 is 0 Å². The summed E-state index contributed by atoms with van der Waals surface area (Å²) in [6, 6.07) is 5.58. The summed E-state index contributed by atoms with van der Waals surface area (Å²) in [5.41, 5.74) is 0.956. The summed E-state index contributed by atoms with van der Waals surface area (Å²) in [6.07, 6.45) is 2.67. The second-order valence-corrected chi connectivity index (χ2v) is 7.02. The van der Waals surface area contributed by atoms with E-state index in [1.165, 1.54) is 6.42 Å². The second kappa shape index (κ2) is 4.74. The number of benzene rings is 1. The summed E-state index contributed by atoms with van der Waals surface area (Å²) >= 11 is 3.18. The molecule has 1 aliphatic carbocycles. The quantitative estimate of drug-likeness (QED) is 0.878. The fourth-order valence-corrected chi connectivity index (χ4v) is 3.83. The van der Waals surface area contributed by atoms with Crippen molar-refractivity contribution in [2.75, 3.05) is 11.9 Å². The normalized spacial score (nSPS) is 32.3. The van der Waals surface area contributed by atoms with Crippen LogP contribution < -0.4 is 5.32 Å². The van der Waals surface area contributed by atoms with Crippen LogP contribution in [0.15, 0.2) is 22.7 Å². The zero-order valence-corrected chi connectivity index (χ0v) is 12.8. The maximum absolute atomic E-state index is 13.6. The smallest absolute Gasteiger partial charge is 0.139 e. The van der Waals surface area contributed by atoms with Gasteiger partial charge in [0.15, 0.2) is 0 Å². The number of hydrogen-bond acceptors (Lipinski definition) is 2. The number of nitrogens with one attached hydrogen (secondary N) is 1. The van der Waals surface area contributed by atoms with Crippen molar-refractivity contribution in [2.45, 2.75) is 38.8 Å². The molecule has 1 aromatic rings. The molecule has 1 N–H and O–H groups in total. The summed E-state index contributed by atoms with van der Waals surface area (Å²) in [7, 11) is 0. The van der Waals surface area contributed by atoms with Gasteiger partial charge in [0, 0.05) is 29.7 Å². The molecule has 1 heterocycles. The summed E-state index contributed by atoms with van der Waals surface area (Å²) in [4.78, 5) is 0. The lowest BCUT2D eigenvalue weighted by molar-refractivity contribution is -0.177. The molecule has 3 rings (SSSR count). The Morgan fingerprint density at radius 2 is 2.21 bits per heavy atom. The molecular formula is C15H19BrFNO. The van der Waals surface area contributed by atoms with E-state index in [1.54, 1.807) is 12.1 Å². The van der Waals surface area contributed by atoms with Crippen LogP contribution in [0.1, 0.15) is 26.7 Å². The van der Waals surface area contributed by atoms with Gasteiger partial charge in [0.2, 0.25) is 0 Å². The summed E-state index contributed by atoms with van der Waals surface area (Å²) in [5, 5.41) is 3.50. The minimum absolute atomic E-state index is 0.106. The summed E-state index contributed by atoms with van der Waals surface area (Å²) in [6.45, 7) is 5.34. The molecule has 1 aromatic carbocycles. The molecular weight excluding hydrogens is 309 g/mol. The number of rotatable bonds is 2. The Hall–Kier alpha value is -0.610. The van der Waals surface area contributed by atoms with E-state index in [9.17, 15) is 4.39 Å². The second-order valence-electron chi connectivity index (χ2n) is 6.17. The molecule has 1 saturated heterocycles. The third-order valence-electron chi connectivity index (χ3n) is 4.57. The van der Waals surface area contributed by atoms with Crippen LogP contribution >= 0.6 is 15.9 Å². The van der Waals surface area contributed by atoms with Crippen LogP contribution in [0.25, 0.3) is 0 Å². The van der Waals surface area contributed by atoms with Gasteiger partial charge in [0.1, 0.15) is 5.82 Å². The molecule has 0 spiro atoms. The number of ether oxygens (including phenoxy) is 1. The minimum atomic E-state index is -0.224. The van der Waals surface area contributed by atoms with Gasteiger partial charge in [-0.15, -0.1) is 0 Å². The van der Waals surface area contributed by atoms with Gasteiger partial charge in [-0.3, -0.25) is 0 Å². The lowest BCUT2D eigenvalue weighted by Crippen LogP contribution is -2.67. The molecule has 19 heavy (non-hydrogen) atoms. The number of anilines is 1. The van der Waals surface area contributed by atoms with Gasteiger partial charge in [-0.2, -0.15) is 0 Å². The van der Waals surface area contributed by atoms with Crippen molar-refractivity contribution in [1.82, 2.24) is 0 Å². The van der Waals surface area contributed by atoms with E-state index in [1.807, 2.05) is 6.07 Å². The molecule has 0 aromatic heterocycles. The molecule has 2 nitrogen and oxygen atoms in total. The van der Waals surface area contributed by atoms with Gasteiger partial charge < -0.3 is 10.1 Å². The molecule has 0 amide bonds. The van der Waals surface area contributed by atoms with Crippen molar-refractivity contribution in [2.24, 2.45) is 11.3 Å². The largest absolute Gasteiger partial charge is 0.381 e. The molecule has 3 atom stereocenters. The van der Waals surface area contributed by atoms with Crippen LogP contribution in [0, 0.1) is 17.2 Å². The van der Waals surface area contributed by atoms with Gasteiger partial charge in [0.05, 0.1) is 10.6 Å². The van der Waals surface area contributed by atoms with Crippen LogP contribution in [0.2, 0.25) is 0 Å². The SMILES string of the molecule is CC1(C)C(Nc2ccc(Br)c(F)c2)C2CCCOC21. The molecule has 3 unspecified atom stereocenters. The Morgan fingerprint density at radius 3 is 2.95 bits per heavy atom. The lowest BCUT2D eigenvalue weighted by atomic mass is 9.55. The highest BCUT2D eigenvalue weighted by molar-refractivity contribution is 9.10. The Labute approximate surface area is 121 Å². The Bertz CT molecular complexity index is 491. The van der Waals surface area contributed by atoms with Crippen molar-refractivity contribution in [3.05, 3.63) is 28.5 Å². The Morgan fingerprint density at radius 1 is 1.42 bits per heavy atom. The first kappa shape index (κ1) is 13.4. The van der Waals surface area contributed by atoms with E-state index in [0.717, 1.165) is 18.7 Å². The zero-order chi connectivity index (χ0) is 13.6. The Kier molecular flexibility index (Phi) is 3.34. The topological polar surface area (TPSA) is 21.3 Å². The predicted octanol–water partition coefficient (Wildman–Crippen LogP) is 4.20. The van der Waals surface area contributed by atoms with Crippen LogP contribution in [0.3, 0.4) is 0 Å². The maximum Gasteiger partial charge on any atom is 0.139 e. The average molecular weight is 328 g/mol. The highest BCUT2D eigenvalue weighted by atomic mass is 79.9. The molecule has 0 bridgehead atoms. The molecule has 1 aliphatic heterocycles. The van der Waals surface area contributed by atoms with E-state index >= 15 is 0 Å². The number of hydrogen-bond donors (Lipinski definition) is 1. The van der Waals surface area contributed by atoms with Crippen LogP contribution in [-0.4, -0.2) is 18.8 Å². The van der Waals surface area contributed by atoms with Crippen LogP contribution in [-0.2, 0) is 4.74 Å². The summed E-state index contributed by atoms with van der Waals surface area (Å²) < 4.78 is 20.0. The molecule has 104 valence electrons.